The number of ether oxygens (including phenoxy) is 5. The maximum Gasteiger partial charge on any atom is 0.335 e. The number of carbonyl (C=O) groups is 3. The van der Waals surface area contributed by atoms with Crippen LogP contribution in [0.4, 0.5) is 0 Å². The minimum Gasteiger partial charge on any atom is -0.497 e. The molecule has 1 amide bonds. The van der Waals surface area contributed by atoms with Crippen molar-refractivity contribution in [2.45, 2.75) is 90.6 Å². The summed E-state index contributed by atoms with van der Waals surface area (Å²) in [6.07, 6.45) is 6.68. The summed E-state index contributed by atoms with van der Waals surface area (Å²) in [4.78, 5) is 40.2. The Morgan fingerprint density at radius 1 is 0.796 bits per heavy atom. The Kier molecular flexibility index (Phi) is 18.2. The molecule has 0 aliphatic rings. The van der Waals surface area contributed by atoms with E-state index in [1.54, 1.807) is 20.3 Å². The third kappa shape index (κ3) is 16.6. The summed E-state index contributed by atoms with van der Waals surface area (Å²) in [7, 11) is 1.77. The van der Waals surface area contributed by atoms with Gasteiger partial charge in [-0.2, -0.15) is 0 Å². The molecule has 4 atom stereocenters. The molecule has 1 unspecified atom stereocenters. The van der Waals surface area contributed by atoms with E-state index >= 15 is 0 Å². The Hall–Kier alpha value is -4.67. The quantitative estimate of drug-likeness (QED) is 0.0618. The van der Waals surface area contributed by atoms with Crippen LogP contribution in [0.5, 0.6) is 11.5 Å². The van der Waals surface area contributed by atoms with Gasteiger partial charge in [-0.3, -0.25) is 4.79 Å². The molecular weight excluding hydrogens is 699 g/mol. The van der Waals surface area contributed by atoms with Crippen molar-refractivity contribution in [2.75, 3.05) is 20.8 Å². The molecule has 0 heterocycles. The Balaban J connectivity index is 1.76. The second-order valence-corrected chi connectivity index (χ2v) is 20.7. The second kappa shape index (κ2) is 22.5. The molecule has 0 saturated heterocycles. The van der Waals surface area contributed by atoms with Crippen LogP contribution in [0.1, 0.15) is 50.3 Å². The monoisotopic (exact) mass is 757 g/mol. The average Bonchev–Trinajstić information content (AvgIpc) is 3.15. The van der Waals surface area contributed by atoms with E-state index in [-0.39, 0.29) is 31.3 Å². The summed E-state index contributed by atoms with van der Waals surface area (Å²) >= 11 is 0. The highest BCUT2D eigenvalue weighted by Crippen LogP contribution is 2.21. The van der Waals surface area contributed by atoms with Gasteiger partial charge in [-0.25, -0.2) is 9.59 Å². The van der Waals surface area contributed by atoms with Crippen molar-refractivity contribution in [3.05, 3.63) is 114 Å². The first-order valence-corrected chi connectivity index (χ1v) is 22.4. The van der Waals surface area contributed by atoms with Crippen molar-refractivity contribution in [2.24, 2.45) is 11.8 Å². The van der Waals surface area contributed by atoms with E-state index in [0.717, 1.165) is 28.5 Å². The third-order valence-electron chi connectivity index (χ3n) is 8.74. The first-order chi connectivity index (χ1) is 25.8. The highest BCUT2D eigenvalue weighted by molar-refractivity contribution is 6.76. The molecule has 0 radical (unpaired) electrons. The largest absolute Gasteiger partial charge is 0.497 e. The number of rotatable bonds is 22. The molecule has 292 valence electrons. The lowest BCUT2D eigenvalue weighted by Crippen LogP contribution is -2.43. The SMILES string of the molecule is COc1ccc(COC(CC(C)C)C(=O)O[C@@H](C/C=C/C(=O)N[C@@H](Cc2ccc(OC)cc2)C(=O)OCC[Si](C)(C)C)[C@H](C)/C=C/c2ccccc2)cc1. The summed E-state index contributed by atoms with van der Waals surface area (Å²) in [5.41, 5.74) is 2.78. The molecule has 0 aliphatic heterocycles. The minimum absolute atomic E-state index is 0.184. The van der Waals surface area contributed by atoms with Crippen molar-refractivity contribution < 1.29 is 38.1 Å². The fourth-order valence-electron chi connectivity index (χ4n) is 5.40. The number of hydrogen-bond acceptors (Lipinski definition) is 8. The zero-order valence-electron chi connectivity index (χ0n) is 33.2. The van der Waals surface area contributed by atoms with Gasteiger partial charge in [0, 0.05) is 26.8 Å². The summed E-state index contributed by atoms with van der Waals surface area (Å²) in [6.45, 7) is 13.2. The Morgan fingerprint density at radius 2 is 1.41 bits per heavy atom. The van der Waals surface area contributed by atoms with Gasteiger partial charge in [0.15, 0.2) is 6.10 Å². The van der Waals surface area contributed by atoms with Gasteiger partial charge in [0.25, 0.3) is 0 Å². The molecule has 3 aromatic rings. The molecule has 0 aliphatic carbocycles. The zero-order chi connectivity index (χ0) is 39.5. The fraction of sp³-hybridized carbons (Fsp3) is 0.432. The fourth-order valence-corrected chi connectivity index (χ4v) is 6.12. The van der Waals surface area contributed by atoms with Gasteiger partial charge in [-0.05, 0) is 65.4 Å². The van der Waals surface area contributed by atoms with Gasteiger partial charge in [0.1, 0.15) is 23.6 Å². The molecule has 10 heteroatoms. The number of hydrogen-bond donors (Lipinski definition) is 1. The van der Waals surface area contributed by atoms with E-state index in [2.05, 4.69) is 25.0 Å². The van der Waals surface area contributed by atoms with Gasteiger partial charge in [-0.15, -0.1) is 0 Å². The molecule has 54 heavy (non-hydrogen) atoms. The predicted octanol–water partition coefficient (Wildman–Crippen LogP) is 8.45. The number of carbonyl (C=O) groups excluding carboxylic acids is 3. The molecule has 0 saturated carbocycles. The Labute approximate surface area is 323 Å². The van der Waals surface area contributed by atoms with Gasteiger partial charge in [0.2, 0.25) is 5.91 Å². The van der Waals surface area contributed by atoms with Crippen LogP contribution in [0.3, 0.4) is 0 Å². The van der Waals surface area contributed by atoms with Crippen LogP contribution in [0.2, 0.25) is 25.7 Å². The number of nitrogens with one attached hydrogen (secondary N) is 1. The van der Waals surface area contributed by atoms with Crippen LogP contribution in [-0.2, 0) is 41.6 Å². The Bertz CT molecular complexity index is 1630. The average molecular weight is 758 g/mol. The number of benzene rings is 3. The van der Waals surface area contributed by atoms with Crippen molar-refractivity contribution in [3.63, 3.8) is 0 Å². The summed E-state index contributed by atoms with van der Waals surface area (Å²) < 4.78 is 28.5. The van der Waals surface area contributed by atoms with E-state index in [9.17, 15) is 14.4 Å². The van der Waals surface area contributed by atoms with Crippen LogP contribution in [0, 0.1) is 11.8 Å². The topological polar surface area (TPSA) is 109 Å². The zero-order valence-corrected chi connectivity index (χ0v) is 34.2. The number of methoxy groups -OCH3 is 2. The smallest absolute Gasteiger partial charge is 0.335 e. The first kappa shape index (κ1) is 43.7. The molecular formula is C44H59NO8Si. The third-order valence-corrected chi connectivity index (χ3v) is 10.4. The van der Waals surface area contributed by atoms with E-state index < -0.39 is 44.2 Å². The number of amides is 1. The molecule has 0 aromatic heterocycles. The highest BCUT2D eigenvalue weighted by atomic mass is 28.3. The van der Waals surface area contributed by atoms with Crippen LogP contribution < -0.4 is 14.8 Å². The van der Waals surface area contributed by atoms with Crippen LogP contribution >= 0.6 is 0 Å². The number of esters is 2. The summed E-state index contributed by atoms with van der Waals surface area (Å²) in [5.74, 6) is 0.0281. The van der Waals surface area contributed by atoms with Gasteiger partial charge >= 0.3 is 11.9 Å². The predicted molar refractivity (Wildman–Crippen MR) is 217 cm³/mol. The molecule has 0 bridgehead atoms. The van der Waals surface area contributed by atoms with E-state index in [1.807, 2.05) is 112 Å². The maximum absolute atomic E-state index is 13.7. The molecule has 9 nitrogen and oxygen atoms in total. The molecule has 0 spiro atoms. The lowest BCUT2D eigenvalue weighted by molar-refractivity contribution is -0.166. The molecule has 3 aromatic carbocycles. The van der Waals surface area contributed by atoms with E-state index in [1.165, 1.54) is 6.08 Å². The molecule has 0 fully saturated rings. The standard InChI is InChI=1S/C44H59NO8Si/c1-32(2)29-41(52-31-36-21-25-38(50-5)26-22-36)44(48)53-40(33(3)17-18-34-13-10-9-11-14-34)15-12-16-42(46)45-39(43(47)51-27-28-54(6,7)8)30-35-19-23-37(49-4)24-20-35/h9-14,16-26,32-33,39-41H,15,27-31H2,1-8H3,(H,45,46)/b16-12+,18-17+/t33-,39+,40+,41?/m1/s1. The van der Waals surface area contributed by atoms with Crippen molar-refractivity contribution in [1.82, 2.24) is 5.32 Å². The van der Waals surface area contributed by atoms with Crippen molar-refractivity contribution in [1.29, 1.82) is 0 Å². The second-order valence-electron chi connectivity index (χ2n) is 15.1. The van der Waals surface area contributed by atoms with Crippen molar-refractivity contribution in [3.8, 4) is 11.5 Å². The first-order valence-electron chi connectivity index (χ1n) is 18.7. The maximum atomic E-state index is 13.7. The van der Waals surface area contributed by atoms with Crippen LogP contribution in [0.25, 0.3) is 6.08 Å². The van der Waals surface area contributed by atoms with Gasteiger partial charge < -0.3 is 29.0 Å². The van der Waals surface area contributed by atoms with E-state index in [0.29, 0.717) is 18.8 Å². The lowest BCUT2D eigenvalue weighted by atomic mass is 9.99. The van der Waals surface area contributed by atoms with Crippen LogP contribution in [-0.4, -0.2) is 65.0 Å². The summed E-state index contributed by atoms with van der Waals surface area (Å²) in [5, 5.41) is 2.84. The lowest BCUT2D eigenvalue weighted by Gasteiger charge is -2.25. The molecule has 1 N–H and O–H groups in total. The van der Waals surface area contributed by atoms with Crippen LogP contribution in [0.15, 0.2) is 97.1 Å². The van der Waals surface area contributed by atoms with Crippen molar-refractivity contribution >= 4 is 32.0 Å². The minimum atomic E-state index is -1.43. The Morgan fingerprint density at radius 3 is 1.98 bits per heavy atom. The highest BCUT2D eigenvalue weighted by Gasteiger charge is 2.28. The summed E-state index contributed by atoms with van der Waals surface area (Å²) in [6, 6.07) is 24.7. The normalized spacial score (nSPS) is 14.0. The van der Waals surface area contributed by atoms with Gasteiger partial charge in [-0.1, -0.05) is 113 Å². The van der Waals surface area contributed by atoms with E-state index in [4.69, 9.17) is 23.7 Å². The molecule has 3 rings (SSSR count). The van der Waals surface area contributed by atoms with Gasteiger partial charge in [0.05, 0.1) is 27.4 Å².